The first-order valence-electron chi connectivity index (χ1n) is 11.2. The molecule has 3 amide bonds. The van der Waals surface area contributed by atoms with Crippen LogP contribution in [0.25, 0.3) is 22.4 Å². The number of fused-ring (bicyclic) bond motifs is 1. The predicted octanol–water partition coefficient (Wildman–Crippen LogP) is 3.64. The summed E-state index contributed by atoms with van der Waals surface area (Å²) in [6.45, 7) is 4.71. The molecule has 1 fully saturated rings. The average molecular weight is 443 g/mol. The van der Waals surface area contributed by atoms with Gasteiger partial charge in [0, 0.05) is 36.7 Å². The summed E-state index contributed by atoms with van der Waals surface area (Å²) in [5, 5.41) is 6.89. The highest BCUT2D eigenvalue weighted by atomic mass is 16.2. The fourth-order valence-electron chi connectivity index (χ4n) is 4.93. The Morgan fingerprint density at radius 2 is 1.82 bits per heavy atom. The van der Waals surface area contributed by atoms with Crippen LogP contribution in [0.5, 0.6) is 0 Å². The van der Waals surface area contributed by atoms with Gasteiger partial charge in [0.25, 0.3) is 5.91 Å². The zero-order chi connectivity index (χ0) is 23.3. The van der Waals surface area contributed by atoms with E-state index in [1.165, 1.54) is 5.56 Å². The van der Waals surface area contributed by atoms with Crippen molar-refractivity contribution >= 4 is 17.7 Å². The summed E-state index contributed by atoms with van der Waals surface area (Å²) in [4.78, 5) is 38.4. The number of nitrogens with one attached hydrogen (secondary N) is 1. The van der Waals surface area contributed by atoms with Gasteiger partial charge in [0.2, 0.25) is 11.8 Å². The van der Waals surface area contributed by atoms with Crippen molar-refractivity contribution in [3.05, 3.63) is 65.4 Å². The van der Waals surface area contributed by atoms with Crippen molar-refractivity contribution in [2.75, 3.05) is 0 Å². The minimum atomic E-state index is -0.613. The maximum Gasteiger partial charge on any atom is 0.255 e. The second-order valence-electron chi connectivity index (χ2n) is 9.04. The highest BCUT2D eigenvalue weighted by molar-refractivity contribution is 6.05. The molecule has 3 aromatic rings. The van der Waals surface area contributed by atoms with Crippen molar-refractivity contribution in [2.24, 2.45) is 7.05 Å². The number of aromatic nitrogens is 2. The molecule has 0 bridgehead atoms. The smallest absolute Gasteiger partial charge is 0.255 e. The molecular weight excluding hydrogens is 416 g/mol. The van der Waals surface area contributed by atoms with E-state index in [1.54, 1.807) is 4.90 Å². The van der Waals surface area contributed by atoms with Gasteiger partial charge in [-0.05, 0) is 41.2 Å². The molecule has 5 rings (SSSR count). The van der Waals surface area contributed by atoms with Crippen LogP contribution in [0.15, 0.2) is 48.7 Å². The van der Waals surface area contributed by atoms with Crippen LogP contribution in [0.4, 0.5) is 0 Å². The standard InChI is InChI=1S/C26H26N4O3/c1-15(2)18-6-4-5-7-20(18)24-21(13-27-29(24)3)16-8-9-19-17(12-16)14-30(26(19)33)22-10-11-23(31)28-25(22)32/h4-9,12-13,15,22H,10-11,14H2,1-3H3,(H,28,31,32). The molecule has 2 aliphatic heterocycles. The van der Waals surface area contributed by atoms with Gasteiger partial charge in [-0.2, -0.15) is 5.10 Å². The van der Waals surface area contributed by atoms with Crippen LogP contribution in [0.3, 0.4) is 0 Å². The zero-order valence-corrected chi connectivity index (χ0v) is 19.0. The molecule has 0 saturated carbocycles. The van der Waals surface area contributed by atoms with E-state index in [0.717, 1.165) is 27.9 Å². The zero-order valence-electron chi connectivity index (χ0n) is 19.0. The van der Waals surface area contributed by atoms with Gasteiger partial charge in [0.15, 0.2) is 0 Å². The molecule has 168 valence electrons. The van der Waals surface area contributed by atoms with Crippen molar-refractivity contribution in [3.63, 3.8) is 0 Å². The molecule has 1 atom stereocenters. The van der Waals surface area contributed by atoms with E-state index in [2.05, 4.69) is 42.5 Å². The summed E-state index contributed by atoms with van der Waals surface area (Å²) in [5.74, 6) is -0.479. The highest BCUT2D eigenvalue weighted by Crippen LogP contribution is 2.38. The van der Waals surface area contributed by atoms with Crippen LogP contribution in [-0.4, -0.2) is 38.4 Å². The van der Waals surface area contributed by atoms with E-state index in [0.29, 0.717) is 24.4 Å². The Kier molecular flexibility index (Phi) is 5.12. The van der Waals surface area contributed by atoms with Gasteiger partial charge in [-0.1, -0.05) is 44.2 Å². The number of hydrogen-bond acceptors (Lipinski definition) is 4. The summed E-state index contributed by atoms with van der Waals surface area (Å²) in [6, 6.07) is 13.6. The minimum absolute atomic E-state index is 0.164. The van der Waals surface area contributed by atoms with Gasteiger partial charge in [0.05, 0.1) is 11.9 Å². The third-order valence-electron chi connectivity index (χ3n) is 6.61. The third kappa shape index (κ3) is 3.53. The van der Waals surface area contributed by atoms with Crippen molar-refractivity contribution in [1.29, 1.82) is 0 Å². The Morgan fingerprint density at radius 1 is 1.03 bits per heavy atom. The van der Waals surface area contributed by atoms with Crippen LogP contribution in [0, 0.1) is 0 Å². The first-order chi connectivity index (χ1) is 15.8. The van der Waals surface area contributed by atoms with Gasteiger partial charge in [0.1, 0.15) is 6.04 Å². The van der Waals surface area contributed by atoms with E-state index in [-0.39, 0.29) is 18.2 Å². The minimum Gasteiger partial charge on any atom is -0.322 e. The summed E-state index contributed by atoms with van der Waals surface area (Å²) < 4.78 is 1.89. The summed E-state index contributed by atoms with van der Waals surface area (Å²) in [6.07, 6.45) is 2.47. The van der Waals surface area contributed by atoms with Gasteiger partial charge in [-0.25, -0.2) is 0 Å². The molecule has 0 aliphatic carbocycles. The first-order valence-corrected chi connectivity index (χ1v) is 11.2. The number of carbonyl (C=O) groups excluding carboxylic acids is 3. The molecule has 1 N–H and O–H groups in total. The molecule has 2 aliphatic rings. The van der Waals surface area contributed by atoms with Crippen LogP contribution in [0.1, 0.15) is 54.1 Å². The van der Waals surface area contributed by atoms with E-state index in [4.69, 9.17) is 0 Å². The number of nitrogens with zero attached hydrogens (tertiary/aromatic N) is 3. The van der Waals surface area contributed by atoms with Crippen LogP contribution >= 0.6 is 0 Å². The number of rotatable bonds is 4. The van der Waals surface area contributed by atoms with Gasteiger partial charge in [-0.15, -0.1) is 0 Å². The molecule has 33 heavy (non-hydrogen) atoms. The quantitative estimate of drug-likeness (QED) is 0.626. The Bertz CT molecular complexity index is 1290. The van der Waals surface area contributed by atoms with Crippen molar-refractivity contribution in [2.45, 2.75) is 45.2 Å². The second kappa shape index (κ2) is 7.99. The fourth-order valence-corrected chi connectivity index (χ4v) is 4.93. The molecule has 0 spiro atoms. The SMILES string of the molecule is CC(C)c1ccccc1-c1c(-c2ccc3c(c2)CN(C2CCC(=O)NC2=O)C3=O)cnn1C. The van der Waals surface area contributed by atoms with Gasteiger partial charge >= 0.3 is 0 Å². The average Bonchev–Trinajstić information content (AvgIpc) is 3.33. The van der Waals surface area contributed by atoms with Crippen molar-refractivity contribution < 1.29 is 14.4 Å². The number of hydrogen-bond donors (Lipinski definition) is 1. The van der Waals surface area contributed by atoms with Crippen molar-refractivity contribution in [1.82, 2.24) is 20.0 Å². The van der Waals surface area contributed by atoms with Gasteiger partial charge in [-0.3, -0.25) is 24.4 Å². The monoisotopic (exact) mass is 442 g/mol. The normalized spacial score (nSPS) is 18.1. The second-order valence-corrected chi connectivity index (χ2v) is 9.04. The Labute approximate surface area is 192 Å². The lowest BCUT2D eigenvalue weighted by Gasteiger charge is -2.29. The Morgan fingerprint density at radius 3 is 2.58 bits per heavy atom. The predicted molar refractivity (Wildman–Crippen MR) is 124 cm³/mol. The molecule has 1 saturated heterocycles. The van der Waals surface area contributed by atoms with Crippen LogP contribution < -0.4 is 5.32 Å². The lowest BCUT2D eigenvalue weighted by molar-refractivity contribution is -0.136. The van der Waals surface area contributed by atoms with E-state index >= 15 is 0 Å². The van der Waals surface area contributed by atoms with Gasteiger partial charge < -0.3 is 4.90 Å². The lowest BCUT2D eigenvalue weighted by Crippen LogP contribution is -2.52. The molecule has 2 aromatic carbocycles. The maximum absolute atomic E-state index is 13.0. The van der Waals surface area contributed by atoms with E-state index < -0.39 is 11.9 Å². The number of amides is 3. The highest BCUT2D eigenvalue weighted by Gasteiger charge is 2.39. The molecule has 0 radical (unpaired) electrons. The largest absolute Gasteiger partial charge is 0.322 e. The number of imide groups is 1. The number of benzene rings is 2. The summed E-state index contributed by atoms with van der Waals surface area (Å²) >= 11 is 0. The third-order valence-corrected chi connectivity index (χ3v) is 6.61. The van der Waals surface area contributed by atoms with Crippen molar-refractivity contribution in [3.8, 4) is 22.4 Å². The molecule has 1 unspecified atom stereocenters. The number of carbonyl (C=O) groups is 3. The molecule has 7 heteroatoms. The maximum atomic E-state index is 13.0. The lowest BCUT2D eigenvalue weighted by atomic mass is 9.91. The summed E-state index contributed by atoms with van der Waals surface area (Å²) in [7, 11) is 1.94. The number of aryl methyl sites for hydroxylation is 1. The molecular formula is C26H26N4O3. The Balaban J connectivity index is 1.52. The fraction of sp³-hybridized carbons (Fsp3) is 0.308. The first kappa shape index (κ1) is 21.1. The topological polar surface area (TPSA) is 84.3 Å². The molecule has 3 heterocycles. The van der Waals surface area contributed by atoms with E-state index in [1.807, 2.05) is 42.2 Å². The number of piperidine rings is 1. The Hall–Kier alpha value is -3.74. The van der Waals surface area contributed by atoms with Crippen LogP contribution in [0.2, 0.25) is 0 Å². The summed E-state index contributed by atoms with van der Waals surface area (Å²) in [5.41, 5.74) is 6.90. The van der Waals surface area contributed by atoms with E-state index in [9.17, 15) is 14.4 Å². The molecule has 1 aromatic heterocycles. The molecule has 7 nitrogen and oxygen atoms in total. The van der Waals surface area contributed by atoms with Crippen LogP contribution in [-0.2, 0) is 23.2 Å².